The van der Waals surface area contributed by atoms with E-state index >= 15 is 0 Å². The predicted molar refractivity (Wildman–Crippen MR) is 116 cm³/mol. The van der Waals surface area contributed by atoms with Crippen molar-refractivity contribution in [2.24, 2.45) is 0 Å². The number of benzene rings is 2. The number of nitrogens with zero attached hydrogens (tertiary/aromatic N) is 3. The molecule has 1 aliphatic rings. The fraction of sp³-hybridized carbons (Fsp3) is 0.364. The molecule has 0 atom stereocenters. The summed E-state index contributed by atoms with van der Waals surface area (Å²) in [6.07, 6.45) is 0. The second kappa shape index (κ2) is 9.43. The van der Waals surface area contributed by atoms with Crippen molar-refractivity contribution in [2.45, 2.75) is 6.92 Å². The lowest BCUT2D eigenvalue weighted by molar-refractivity contribution is -0.120. The molecule has 0 bridgehead atoms. The Morgan fingerprint density at radius 2 is 1.76 bits per heavy atom. The van der Waals surface area contributed by atoms with Crippen molar-refractivity contribution in [2.75, 3.05) is 62.0 Å². The number of hydrogen-bond acceptors (Lipinski definition) is 5. The first-order chi connectivity index (χ1) is 14.0. The third-order valence-electron chi connectivity index (χ3n) is 5.07. The van der Waals surface area contributed by atoms with Gasteiger partial charge in [0.1, 0.15) is 12.3 Å². The van der Waals surface area contributed by atoms with Crippen LogP contribution in [0.2, 0.25) is 0 Å². The van der Waals surface area contributed by atoms with Gasteiger partial charge in [0.05, 0.1) is 7.11 Å². The lowest BCUT2D eigenvalue weighted by Crippen LogP contribution is -2.44. The summed E-state index contributed by atoms with van der Waals surface area (Å²) < 4.78 is 5.17. The van der Waals surface area contributed by atoms with E-state index in [1.165, 1.54) is 11.8 Å². The minimum atomic E-state index is -0.267. The zero-order valence-electron chi connectivity index (χ0n) is 17.2. The maximum atomic E-state index is 12.5. The SMILES string of the molecule is COc1cccc(NC(=O)CN(C(C)=O)c2ccc(N3CCN(C)CC3)cc2)c1. The number of likely N-dealkylation sites (N-methyl/N-ethyl adjacent to an activating group) is 1. The maximum absolute atomic E-state index is 12.5. The fourth-order valence-electron chi connectivity index (χ4n) is 3.34. The summed E-state index contributed by atoms with van der Waals surface area (Å²) in [6.45, 7) is 5.44. The fourth-order valence-corrected chi connectivity index (χ4v) is 3.34. The number of carbonyl (C=O) groups excluding carboxylic acids is 2. The molecular formula is C22H28N4O3. The van der Waals surface area contributed by atoms with E-state index in [0.717, 1.165) is 31.9 Å². The van der Waals surface area contributed by atoms with Crippen LogP contribution in [0.3, 0.4) is 0 Å². The normalized spacial score (nSPS) is 14.4. The predicted octanol–water partition coefficient (Wildman–Crippen LogP) is 2.44. The van der Waals surface area contributed by atoms with Gasteiger partial charge in [-0.15, -0.1) is 0 Å². The largest absolute Gasteiger partial charge is 0.497 e. The second-order valence-corrected chi connectivity index (χ2v) is 7.19. The topological polar surface area (TPSA) is 65.1 Å². The standard InChI is InChI=1S/C22H28N4O3/c1-17(27)26(16-22(28)23-18-5-4-6-21(15-18)29-3)20-9-7-19(8-10-20)25-13-11-24(2)12-14-25/h4-10,15H,11-14,16H2,1-3H3,(H,23,28). The van der Waals surface area contributed by atoms with Crippen LogP contribution < -0.4 is 19.9 Å². The Morgan fingerprint density at radius 1 is 1.07 bits per heavy atom. The van der Waals surface area contributed by atoms with E-state index in [2.05, 4.69) is 22.2 Å². The molecule has 7 nitrogen and oxygen atoms in total. The molecule has 1 saturated heterocycles. The molecule has 0 spiro atoms. The number of methoxy groups -OCH3 is 1. The molecule has 29 heavy (non-hydrogen) atoms. The highest BCUT2D eigenvalue weighted by atomic mass is 16.5. The molecule has 2 aromatic carbocycles. The van der Waals surface area contributed by atoms with Crippen molar-refractivity contribution in [3.8, 4) is 5.75 Å². The number of ether oxygens (including phenoxy) is 1. The number of anilines is 3. The van der Waals surface area contributed by atoms with Gasteiger partial charge in [0.2, 0.25) is 11.8 Å². The highest BCUT2D eigenvalue weighted by Gasteiger charge is 2.18. The number of piperazine rings is 1. The molecule has 0 aromatic heterocycles. The van der Waals surface area contributed by atoms with Crippen molar-refractivity contribution in [1.82, 2.24) is 4.90 Å². The maximum Gasteiger partial charge on any atom is 0.244 e. The monoisotopic (exact) mass is 396 g/mol. The van der Waals surface area contributed by atoms with Crippen molar-refractivity contribution in [3.63, 3.8) is 0 Å². The summed E-state index contributed by atoms with van der Waals surface area (Å²) in [7, 11) is 3.70. The summed E-state index contributed by atoms with van der Waals surface area (Å²) in [5, 5.41) is 2.81. The molecule has 0 radical (unpaired) electrons. The van der Waals surface area contributed by atoms with E-state index in [1.54, 1.807) is 31.4 Å². The first kappa shape index (κ1) is 20.7. The van der Waals surface area contributed by atoms with Gasteiger partial charge < -0.3 is 24.8 Å². The minimum absolute atomic E-state index is 0.0552. The third-order valence-corrected chi connectivity index (χ3v) is 5.07. The average Bonchev–Trinajstić information content (AvgIpc) is 2.73. The van der Waals surface area contributed by atoms with Crippen LogP contribution in [0.25, 0.3) is 0 Å². The van der Waals surface area contributed by atoms with Crippen LogP contribution in [0, 0.1) is 0 Å². The van der Waals surface area contributed by atoms with Crippen LogP contribution in [0.5, 0.6) is 5.75 Å². The van der Waals surface area contributed by atoms with Crippen LogP contribution in [-0.2, 0) is 9.59 Å². The number of nitrogens with one attached hydrogen (secondary N) is 1. The van der Waals surface area contributed by atoms with Gasteiger partial charge in [0.25, 0.3) is 0 Å². The molecule has 1 fully saturated rings. The molecule has 154 valence electrons. The highest BCUT2D eigenvalue weighted by molar-refractivity contribution is 6.01. The van der Waals surface area contributed by atoms with E-state index in [1.807, 2.05) is 24.3 Å². The van der Waals surface area contributed by atoms with Crippen LogP contribution in [-0.4, -0.2) is 63.6 Å². The molecule has 1 aliphatic heterocycles. The smallest absolute Gasteiger partial charge is 0.244 e. The number of rotatable bonds is 6. The van der Waals surface area contributed by atoms with Gasteiger partial charge in [-0.05, 0) is 43.4 Å². The number of carbonyl (C=O) groups is 2. The lowest BCUT2D eigenvalue weighted by Gasteiger charge is -2.34. The molecule has 2 amide bonds. The summed E-state index contributed by atoms with van der Waals surface area (Å²) in [5.41, 5.74) is 2.46. The van der Waals surface area contributed by atoms with Gasteiger partial charge in [-0.25, -0.2) is 0 Å². The van der Waals surface area contributed by atoms with Crippen molar-refractivity contribution in [1.29, 1.82) is 0 Å². The third kappa shape index (κ3) is 5.48. The van der Waals surface area contributed by atoms with Crippen molar-refractivity contribution < 1.29 is 14.3 Å². The average molecular weight is 396 g/mol. The van der Waals surface area contributed by atoms with E-state index in [9.17, 15) is 9.59 Å². The van der Waals surface area contributed by atoms with Gasteiger partial charge in [-0.1, -0.05) is 6.07 Å². The molecule has 0 unspecified atom stereocenters. The summed E-state index contributed by atoms with van der Waals surface area (Å²) in [4.78, 5) is 30.8. The molecule has 1 heterocycles. The molecule has 2 aromatic rings. The van der Waals surface area contributed by atoms with Crippen LogP contribution in [0.4, 0.5) is 17.1 Å². The Kier molecular flexibility index (Phi) is 6.72. The Balaban J connectivity index is 1.66. The molecule has 3 rings (SSSR count). The van der Waals surface area contributed by atoms with Crippen molar-refractivity contribution in [3.05, 3.63) is 48.5 Å². The number of hydrogen-bond donors (Lipinski definition) is 1. The molecular weight excluding hydrogens is 368 g/mol. The van der Waals surface area contributed by atoms with E-state index in [-0.39, 0.29) is 18.4 Å². The highest BCUT2D eigenvalue weighted by Crippen LogP contribution is 2.22. The Morgan fingerprint density at radius 3 is 2.38 bits per heavy atom. The zero-order chi connectivity index (χ0) is 20.8. The summed E-state index contributed by atoms with van der Waals surface area (Å²) in [6, 6.07) is 14.9. The van der Waals surface area contributed by atoms with Crippen LogP contribution >= 0.6 is 0 Å². The van der Waals surface area contributed by atoms with E-state index in [4.69, 9.17) is 4.74 Å². The molecule has 1 N–H and O–H groups in total. The first-order valence-electron chi connectivity index (χ1n) is 9.72. The Bertz CT molecular complexity index is 845. The van der Waals surface area contributed by atoms with Crippen LogP contribution in [0.15, 0.2) is 48.5 Å². The second-order valence-electron chi connectivity index (χ2n) is 7.19. The van der Waals surface area contributed by atoms with Gasteiger partial charge in [0.15, 0.2) is 0 Å². The summed E-state index contributed by atoms with van der Waals surface area (Å²) in [5.74, 6) is 0.209. The molecule has 7 heteroatoms. The first-order valence-corrected chi connectivity index (χ1v) is 9.72. The van der Waals surface area contributed by atoms with Gasteiger partial charge in [-0.2, -0.15) is 0 Å². The lowest BCUT2D eigenvalue weighted by atomic mass is 10.2. The van der Waals surface area contributed by atoms with Gasteiger partial charge >= 0.3 is 0 Å². The quantitative estimate of drug-likeness (QED) is 0.813. The van der Waals surface area contributed by atoms with Crippen LogP contribution in [0.1, 0.15) is 6.92 Å². The molecule has 0 saturated carbocycles. The Labute approximate surface area is 171 Å². The van der Waals surface area contributed by atoms with Crippen molar-refractivity contribution >= 4 is 28.9 Å². The van der Waals surface area contributed by atoms with E-state index < -0.39 is 0 Å². The Hall–Kier alpha value is -3.06. The molecule has 0 aliphatic carbocycles. The van der Waals surface area contributed by atoms with Gasteiger partial charge in [-0.3, -0.25) is 9.59 Å². The summed E-state index contributed by atoms with van der Waals surface area (Å²) >= 11 is 0. The van der Waals surface area contributed by atoms with E-state index in [0.29, 0.717) is 17.1 Å². The van der Waals surface area contributed by atoms with Gasteiger partial charge in [0, 0.05) is 56.2 Å². The minimum Gasteiger partial charge on any atom is -0.497 e. The number of amides is 2. The zero-order valence-corrected chi connectivity index (χ0v) is 17.2.